The number of nitrogens with one attached hydrogen (secondary N) is 2. The molecule has 2 saturated heterocycles. The van der Waals surface area contributed by atoms with E-state index in [1.54, 1.807) is 0 Å². The van der Waals surface area contributed by atoms with Crippen molar-refractivity contribution < 1.29 is 4.79 Å². The predicted octanol–water partition coefficient (Wildman–Crippen LogP) is -0.260. The van der Waals surface area contributed by atoms with E-state index in [0.29, 0.717) is 12.3 Å². The maximum Gasteiger partial charge on any atom is 0.220 e. The van der Waals surface area contributed by atoms with E-state index in [-0.39, 0.29) is 5.91 Å². The van der Waals surface area contributed by atoms with Crippen LogP contribution in [0.15, 0.2) is 0 Å². The molecule has 2 aliphatic heterocycles. The highest BCUT2D eigenvalue weighted by molar-refractivity contribution is 5.75. The Morgan fingerprint density at radius 1 is 1.32 bits per heavy atom. The molecule has 19 heavy (non-hydrogen) atoms. The molecular weight excluding hydrogens is 240 g/mol. The number of piperazine rings is 1. The predicted molar refractivity (Wildman–Crippen MR) is 77.2 cm³/mol. The molecule has 5 nitrogen and oxygen atoms in total. The van der Waals surface area contributed by atoms with Crippen LogP contribution in [0.2, 0.25) is 0 Å². The van der Waals surface area contributed by atoms with Gasteiger partial charge in [-0.05, 0) is 38.9 Å². The van der Waals surface area contributed by atoms with Crippen molar-refractivity contribution in [3.63, 3.8) is 0 Å². The van der Waals surface area contributed by atoms with Crippen molar-refractivity contribution >= 4 is 5.91 Å². The van der Waals surface area contributed by atoms with Gasteiger partial charge >= 0.3 is 0 Å². The Bertz CT molecular complexity index is 271. The van der Waals surface area contributed by atoms with Gasteiger partial charge in [-0.1, -0.05) is 0 Å². The monoisotopic (exact) mass is 268 g/mol. The van der Waals surface area contributed by atoms with Crippen molar-refractivity contribution in [2.75, 3.05) is 59.4 Å². The van der Waals surface area contributed by atoms with Gasteiger partial charge in [0, 0.05) is 45.7 Å². The molecule has 2 N–H and O–H groups in total. The summed E-state index contributed by atoms with van der Waals surface area (Å²) in [4.78, 5) is 16.5. The Morgan fingerprint density at radius 3 is 2.79 bits per heavy atom. The van der Waals surface area contributed by atoms with Crippen molar-refractivity contribution in [1.82, 2.24) is 20.4 Å². The molecule has 1 atom stereocenters. The Balaban J connectivity index is 1.49. The van der Waals surface area contributed by atoms with Crippen LogP contribution in [0.25, 0.3) is 0 Å². The fraction of sp³-hybridized carbons (Fsp3) is 0.929. The largest absolute Gasteiger partial charge is 0.355 e. The molecular formula is C14H28N4O. The summed E-state index contributed by atoms with van der Waals surface area (Å²) in [6, 6.07) is 0. The summed E-state index contributed by atoms with van der Waals surface area (Å²) in [7, 11) is 2.16. The highest BCUT2D eigenvalue weighted by atomic mass is 16.1. The Morgan fingerprint density at radius 2 is 2.11 bits per heavy atom. The van der Waals surface area contributed by atoms with E-state index in [2.05, 4.69) is 27.5 Å². The van der Waals surface area contributed by atoms with Crippen LogP contribution >= 0.6 is 0 Å². The number of amides is 1. The molecule has 0 aliphatic carbocycles. The summed E-state index contributed by atoms with van der Waals surface area (Å²) < 4.78 is 0. The molecule has 2 fully saturated rings. The van der Waals surface area contributed by atoms with Crippen LogP contribution < -0.4 is 10.6 Å². The van der Waals surface area contributed by atoms with Gasteiger partial charge in [0.05, 0.1) is 0 Å². The zero-order valence-corrected chi connectivity index (χ0v) is 12.2. The molecule has 110 valence electrons. The van der Waals surface area contributed by atoms with Gasteiger partial charge in [0.2, 0.25) is 5.91 Å². The number of nitrogens with zero attached hydrogens (tertiary/aromatic N) is 2. The summed E-state index contributed by atoms with van der Waals surface area (Å²) in [6.07, 6.45) is 2.96. The van der Waals surface area contributed by atoms with Gasteiger partial charge in [-0.2, -0.15) is 0 Å². The van der Waals surface area contributed by atoms with Crippen LogP contribution in [0, 0.1) is 5.92 Å². The topological polar surface area (TPSA) is 47.6 Å². The first-order valence-electron chi connectivity index (χ1n) is 7.62. The highest BCUT2D eigenvalue weighted by Gasteiger charge is 2.16. The van der Waals surface area contributed by atoms with Gasteiger partial charge in [0.15, 0.2) is 0 Å². The highest BCUT2D eigenvalue weighted by Crippen LogP contribution is 2.13. The number of likely N-dealkylation sites (N-methyl/N-ethyl adjacent to an activating group) is 1. The summed E-state index contributed by atoms with van der Waals surface area (Å²) in [5.41, 5.74) is 0. The van der Waals surface area contributed by atoms with Gasteiger partial charge in [-0.15, -0.1) is 0 Å². The maximum atomic E-state index is 11.7. The van der Waals surface area contributed by atoms with Crippen LogP contribution in [0.5, 0.6) is 0 Å². The lowest BCUT2D eigenvalue weighted by atomic mass is 10.0. The molecule has 5 heteroatoms. The van der Waals surface area contributed by atoms with Crippen LogP contribution in [0.4, 0.5) is 0 Å². The minimum Gasteiger partial charge on any atom is -0.355 e. The lowest BCUT2D eigenvalue weighted by molar-refractivity contribution is -0.121. The Kier molecular flexibility index (Phi) is 6.07. The number of carbonyl (C=O) groups excluding carboxylic acids is 1. The van der Waals surface area contributed by atoms with Crippen molar-refractivity contribution in [2.45, 2.75) is 19.3 Å². The van der Waals surface area contributed by atoms with Gasteiger partial charge in [0.1, 0.15) is 0 Å². The third kappa shape index (κ3) is 5.47. The second-order valence-electron chi connectivity index (χ2n) is 5.89. The molecule has 0 aromatic heterocycles. The second kappa shape index (κ2) is 7.82. The smallest absolute Gasteiger partial charge is 0.220 e. The molecule has 0 aromatic rings. The third-order valence-electron chi connectivity index (χ3n) is 4.29. The molecule has 0 spiro atoms. The average Bonchev–Trinajstić information content (AvgIpc) is 2.92. The van der Waals surface area contributed by atoms with E-state index in [4.69, 9.17) is 0 Å². The van der Waals surface area contributed by atoms with E-state index < -0.39 is 0 Å². The second-order valence-corrected chi connectivity index (χ2v) is 5.89. The molecule has 0 radical (unpaired) electrons. The molecule has 1 amide bonds. The lowest BCUT2D eigenvalue weighted by Gasteiger charge is -2.32. The number of carbonyl (C=O) groups is 1. The van der Waals surface area contributed by atoms with E-state index in [1.807, 2.05) is 0 Å². The molecule has 0 saturated carbocycles. The minimum atomic E-state index is 0.223. The van der Waals surface area contributed by atoms with Crippen molar-refractivity contribution in [1.29, 1.82) is 0 Å². The van der Waals surface area contributed by atoms with E-state index in [0.717, 1.165) is 58.8 Å². The fourth-order valence-corrected chi connectivity index (χ4v) is 2.81. The normalized spacial score (nSPS) is 25.6. The fourth-order valence-electron chi connectivity index (χ4n) is 2.81. The maximum absolute atomic E-state index is 11.7. The molecule has 1 unspecified atom stereocenters. The minimum absolute atomic E-state index is 0.223. The van der Waals surface area contributed by atoms with Crippen LogP contribution in [0.3, 0.4) is 0 Å². The average molecular weight is 268 g/mol. The van der Waals surface area contributed by atoms with Crippen LogP contribution in [-0.4, -0.2) is 75.1 Å². The van der Waals surface area contributed by atoms with Crippen LogP contribution in [0.1, 0.15) is 19.3 Å². The zero-order chi connectivity index (χ0) is 13.5. The summed E-state index contributed by atoms with van der Waals surface area (Å²) in [5, 5.41) is 6.39. The standard InChI is InChI=1S/C14H28N4O/c1-17-8-10-18(11-9-17)7-6-16-14(19)3-2-13-4-5-15-12-13/h13,15H,2-12H2,1H3,(H,16,19). The van der Waals surface area contributed by atoms with E-state index >= 15 is 0 Å². The summed E-state index contributed by atoms with van der Waals surface area (Å²) in [5.74, 6) is 0.935. The molecule has 2 heterocycles. The zero-order valence-electron chi connectivity index (χ0n) is 12.2. The molecule has 2 aliphatic rings. The van der Waals surface area contributed by atoms with E-state index in [1.165, 1.54) is 6.42 Å². The summed E-state index contributed by atoms with van der Waals surface area (Å²) in [6.45, 7) is 8.53. The van der Waals surface area contributed by atoms with Gasteiger partial charge in [-0.25, -0.2) is 0 Å². The van der Waals surface area contributed by atoms with E-state index in [9.17, 15) is 4.79 Å². The molecule has 2 rings (SSSR count). The number of hydrogen-bond donors (Lipinski definition) is 2. The first kappa shape index (κ1) is 14.8. The number of hydrogen-bond acceptors (Lipinski definition) is 4. The van der Waals surface area contributed by atoms with Crippen molar-refractivity contribution in [2.24, 2.45) is 5.92 Å². The van der Waals surface area contributed by atoms with Gasteiger partial charge in [-0.3, -0.25) is 9.69 Å². The molecule has 0 aromatic carbocycles. The van der Waals surface area contributed by atoms with Gasteiger partial charge < -0.3 is 15.5 Å². The first-order chi connectivity index (χ1) is 9.24. The lowest BCUT2D eigenvalue weighted by Crippen LogP contribution is -2.46. The molecule has 0 bridgehead atoms. The summed E-state index contributed by atoms with van der Waals surface area (Å²) >= 11 is 0. The first-order valence-corrected chi connectivity index (χ1v) is 7.62. The number of rotatable bonds is 6. The van der Waals surface area contributed by atoms with Gasteiger partial charge in [0.25, 0.3) is 0 Å². The van der Waals surface area contributed by atoms with Crippen LogP contribution in [-0.2, 0) is 4.79 Å². The Hall–Kier alpha value is -0.650. The quantitative estimate of drug-likeness (QED) is 0.697. The third-order valence-corrected chi connectivity index (χ3v) is 4.29. The van der Waals surface area contributed by atoms with Crippen molar-refractivity contribution in [3.8, 4) is 0 Å². The van der Waals surface area contributed by atoms with Crippen molar-refractivity contribution in [3.05, 3.63) is 0 Å². The Labute approximate surface area is 116 Å². The SMILES string of the molecule is CN1CCN(CCNC(=O)CCC2CCNC2)CC1.